The van der Waals surface area contributed by atoms with E-state index in [4.69, 9.17) is 14.2 Å². The van der Waals surface area contributed by atoms with Crippen molar-refractivity contribution in [3.8, 4) is 17.2 Å². The van der Waals surface area contributed by atoms with Crippen molar-refractivity contribution in [2.24, 2.45) is 5.10 Å². The molecule has 3 aromatic rings. The number of rotatable bonds is 11. The number of benzene rings is 3. The molecule has 3 rings (SSSR count). The van der Waals surface area contributed by atoms with Gasteiger partial charge in [-0.15, -0.1) is 0 Å². The molecule has 7 heteroatoms. The van der Waals surface area contributed by atoms with Gasteiger partial charge in [0.25, 0.3) is 5.91 Å². The molecule has 0 saturated heterocycles. The first-order valence-corrected chi connectivity index (χ1v) is 11.2. The number of nitrogens with one attached hydrogen (secondary N) is 1. The maximum Gasteiger partial charge on any atom is 0.271 e. The zero-order valence-electron chi connectivity index (χ0n) is 18.3. The smallest absolute Gasteiger partial charge is 0.271 e. The molecular weight excluding hydrogens is 484 g/mol. The summed E-state index contributed by atoms with van der Waals surface area (Å²) in [6.45, 7) is 6.79. The summed E-state index contributed by atoms with van der Waals surface area (Å²) in [4.78, 5) is 12.5. The number of hydrogen-bond donors (Lipinski definition) is 1. The average Bonchev–Trinajstić information content (AvgIpc) is 2.84. The molecule has 0 spiro atoms. The molecule has 1 N–H and O–H groups in total. The summed E-state index contributed by atoms with van der Waals surface area (Å²) >= 11 is 3.42. The summed E-state index contributed by atoms with van der Waals surface area (Å²) in [5.74, 6) is 1.45. The fourth-order valence-electron chi connectivity index (χ4n) is 2.81. The van der Waals surface area contributed by atoms with E-state index in [2.05, 4.69) is 33.0 Å². The van der Waals surface area contributed by atoms with Gasteiger partial charge in [-0.3, -0.25) is 4.79 Å². The Morgan fingerprint density at radius 2 is 1.76 bits per heavy atom. The largest absolute Gasteiger partial charge is 0.490 e. The lowest BCUT2D eigenvalue weighted by Gasteiger charge is -2.12. The van der Waals surface area contributed by atoms with Gasteiger partial charge < -0.3 is 14.2 Å². The number of amides is 1. The van der Waals surface area contributed by atoms with Gasteiger partial charge in [0.05, 0.1) is 12.8 Å². The van der Waals surface area contributed by atoms with Crippen molar-refractivity contribution in [2.75, 3.05) is 13.2 Å². The average molecular weight is 509 g/mol. The molecule has 0 unspecified atom stereocenters. The van der Waals surface area contributed by atoms with E-state index in [9.17, 15) is 4.79 Å². The van der Waals surface area contributed by atoms with E-state index in [1.54, 1.807) is 30.5 Å². The highest BCUT2D eigenvalue weighted by Crippen LogP contribution is 2.28. The van der Waals surface area contributed by atoms with Crippen LogP contribution in [0.3, 0.4) is 0 Å². The molecule has 170 valence electrons. The Hall–Kier alpha value is -3.58. The van der Waals surface area contributed by atoms with E-state index in [0.29, 0.717) is 36.9 Å². The van der Waals surface area contributed by atoms with Gasteiger partial charge >= 0.3 is 0 Å². The Morgan fingerprint density at radius 1 is 1.00 bits per heavy atom. The predicted octanol–water partition coefficient (Wildman–Crippen LogP) is 5.76. The summed E-state index contributed by atoms with van der Waals surface area (Å²) in [6, 6.07) is 20.4. The zero-order chi connectivity index (χ0) is 23.5. The third kappa shape index (κ3) is 7.50. The lowest BCUT2D eigenvalue weighted by Crippen LogP contribution is -2.17. The van der Waals surface area contributed by atoms with E-state index in [1.807, 2.05) is 55.5 Å². The standard InChI is InChI=1S/C26H25BrN2O4/c1-3-15-32-24-14-9-21(16-25(24)31-4-2)26(30)29-28-17-19-7-12-23(13-8-19)33-18-20-5-10-22(27)11-6-20/h3,5-14,16-17H,1,4,15,18H2,2H3,(H,29,30)/b28-17+. The van der Waals surface area contributed by atoms with Crippen LogP contribution in [0.2, 0.25) is 0 Å². The van der Waals surface area contributed by atoms with Crippen molar-refractivity contribution in [1.82, 2.24) is 5.43 Å². The Kier molecular flexibility index (Phi) is 9.08. The number of hydrogen-bond acceptors (Lipinski definition) is 5. The van der Waals surface area contributed by atoms with E-state index >= 15 is 0 Å². The van der Waals surface area contributed by atoms with Crippen molar-refractivity contribution < 1.29 is 19.0 Å². The van der Waals surface area contributed by atoms with Crippen LogP contribution in [0, 0.1) is 0 Å². The molecule has 0 radical (unpaired) electrons. The minimum absolute atomic E-state index is 0.350. The van der Waals surface area contributed by atoms with Crippen LogP contribution < -0.4 is 19.6 Å². The minimum atomic E-state index is -0.350. The van der Waals surface area contributed by atoms with Crippen LogP contribution >= 0.6 is 15.9 Å². The molecule has 1 amide bonds. The van der Waals surface area contributed by atoms with Crippen LogP contribution in [0.25, 0.3) is 0 Å². The number of carbonyl (C=O) groups is 1. The summed E-state index contributed by atoms with van der Waals surface area (Å²) in [5, 5.41) is 4.04. The molecule has 0 atom stereocenters. The molecule has 0 aliphatic rings. The van der Waals surface area contributed by atoms with Gasteiger partial charge in [0.2, 0.25) is 0 Å². The topological polar surface area (TPSA) is 69.2 Å². The van der Waals surface area contributed by atoms with Crippen LogP contribution in [0.5, 0.6) is 17.2 Å². The minimum Gasteiger partial charge on any atom is -0.490 e. The fraction of sp³-hybridized carbons (Fsp3) is 0.154. The van der Waals surface area contributed by atoms with Gasteiger partial charge in [0, 0.05) is 10.0 Å². The second-order valence-electron chi connectivity index (χ2n) is 6.88. The van der Waals surface area contributed by atoms with Gasteiger partial charge in [-0.1, -0.05) is 40.7 Å². The zero-order valence-corrected chi connectivity index (χ0v) is 19.9. The molecule has 0 fully saturated rings. The van der Waals surface area contributed by atoms with Crippen LogP contribution in [-0.2, 0) is 6.61 Å². The van der Waals surface area contributed by atoms with Gasteiger partial charge in [-0.25, -0.2) is 5.43 Å². The molecule has 0 bridgehead atoms. The first-order chi connectivity index (χ1) is 16.1. The van der Waals surface area contributed by atoms with Crippen LogP contribution in [0.1, 0.15) is 28.4 Å². The number of nitrogens with zero attached hydrogens (tertiary/aromatic N) is 1. The number of hydrazone groups is 1. The van der Waals surface area contributed by atoms with Gasteiger partial charge in [0.15, 0.2) is 11.5 Å². The van der Waals surface area contributed by atoms with Crippen molar-refractivity contribution in [3.05, 3.63) is 101 Å². The highest BCUT2D eigenvalue weighted by molar-refractivity contribution is 9.10. The third-order valence-corrected chi connectivity index (χ3v) is 4.97. The Bertz CT molecular complexity index is 1100. The molecule has 33 heavy (non-hydrogen) atoms. The van der Waals surface area contributed by atoms with Gasteiger partial charge in [-0.2, -0.15) is 5.10 Å². The highest BCUT2D eigenvalue weighted by Gasteiger charge is 2.11. The molecule has 0 heterocycles. The predicted molar refractivity (Wildman–Crippen MR) is 133 cm³/mol. The molecule has 3 aromatic carbocycles. The van der Waals surface area contributed by atoms with Crippen molar-refractivity contribution >= 4 is 28.1 Å². The van der Waals surface area contributed by atoms with Crippen LogP contribution in [-0.4, -0.2) is 25.3 Å². The molecule has 0 aliphatic heterocycles. The number of halogens is 1. The number of ether oxygens (including phenoxy) is 3. The molecule has 0 aromatic heterocycles. The maximum atomic E-state index is 12.5. The lowest BCUT2D eigenvalue weighted by atomic mass is 10.2. The Balaban J connectivity index is 1.54. The first kappa shape index (κ1) is 24.1. The van der Waals surface area contributed by atoms with Gasteiger partial charge in [0.1, 0.15) is 19.0 Å². The molecular formula is C26H25BrN2O4. The van der Waals surface area contributed by atoms with Crippen molar-refractivity contribution in [2.45, 2.75) is 13.5 Å². The summed E-state index contributed by atoms with van der Waals surface area (Å²) in [5.41, 5.74) is 4.85. The van der Waals surface area contributed by atoms with Gasteiger partial charge in [-0.05, 0) is 72.6 Å². The van der Waals surface area contributed by atoms with E-state index in [-0.39, 0.29) is 5.91 Å². The van der Waals surface area contributed by atoms with Crippen molar-refractivity contribution in [1.29, 1.82) is 0 Å². The number of carbonyl (C=O) groups excluding carboxylic acids is 1. The van der Waals surface area contributed by atoms with E-state index < -0.39 is 0 Å². The Labute approximate surface area is 202 Å². The quantitative estimate of drug-likeness (QED) is 0.203. The van der Waals surface area contributed by atoms with E-state index in [1.165, 1.54) is 0 Å². The second kappa shape index (κ2) is 12.5. The third-order valence-electron chi connectivity index (χ3n) is 4.44. The highest BCUT2D eigenvalue weighted by atomic mass is 79.9. The van der Waals surface area contributed by atoms with Crippen molar-refractivity contribution in [3.63, 3.8) is 0 Å². The lowest BCUT2D eigenvalue weighted by molar-refractivity contribution is 0.0954. The fourth-order valence-corrected chi connectivity index (χ4v) is 3.08. The van der Waals surface area contributed by atoms with Crippen LogP contribution in [0.4, 0.5) is 0 Å². The monoisotopic (exact) mass is 508 g/mol. The first-order valence-electron chi connectivity index (χ1n) is 10.4. The summed E-state index contributed by atoms with van der Waals surface area (Å²) in [6.07, 6.45) is 3.22. The summed E-state index contributed by atoms with van der Waals surface area (Å²) in [7, 11) is 0. The second-order valence-corrected chi connectivity index (χ2v) is 7.79. The summed E-state index contributed by atoms with van der Waals surface area (Å²) < 4.78 is 18.0. The maximum absolute atomic E-state index is 12.5. The SMILES string of the molecule is C=CCOc1ccc(C(=O)N/N=C/c2ccc(OCc3ccc(Br)cc3)cc2)cc1OCC. The normalized spacial score (nSPS) is 10.6. The Morgan fingerprint density at radius 3 is 2.45 bits per heavy atom. The molecule has 0 aliphatic carbocycles. The van der Waals surface area contributed by atoms with Crippen LogP contribution in [0.15, 0.2) is 89.0 Å². The molecule has 0 saturated carbocycles. The molecule has 6 nitrogen and oxygen atoms in total. The van der Waals surface area contributed by atoms with E-state index in [0.717, 1.165) is 21.3 Å².